The van der Waals surface area contributed by atoms with E-state index in [2.05, 4.69) is 21.3 Å². The predicted molar refractivity (Wildman–Crippen MR) is 113 cm³/mol. The Morgan fingerprint density at radius 2 is 1.81 bits per heavy atom. The Morgan fingerprint density at radius 1 is 1.16 bits per heavy atom. The van der Waals surface area contributed by atoms with Crippen molar-refractivity contribution in [1.29, 1.82) is 0 Å². The summed E-state index contributed by atoms with van der Waals surface area (Å²) in [4.78, 5) is 60.8. The van der Waals surface area contributed by atoms with Crippen LogP contribution in [0.15, 0.2) is 0 Å². The van der Waals surface area contributed by atoms with Gasteiger partial charge in [-0.2, -0.15) is 11.8 Å². The lowest BCUT2D eigenvalue weighted by Crippen LogP contribution is -2.56. The molecule has 0 aromatic heterocycles. The number of thioether (sulfide) groups is 1. The third kappa shape index (κ3) is 9.11. The van der Waals surface area contributed by atoms with Crippen molar-refractivity contribution in [2.24, 2.45) is 11.7 Å². The zero-order valence-corrected chi connectivity index (χ0v) is 18.5. The SMILES string of the molecule is CC(C)C[C@@H]1NC(=O)[C@H](N)CSC[C@@H](C(=O)N[C@H](C(=O)O)[C@@H](C)O)NC(=O)CNC1=O. The molecule has 0 saturated carbocycles. The van der Waals surface area contributed by atoms with Crippen LogP contribution in [0.4, 0.5) is 0 Å². The van der Waals surface area contributed by atoms with Crippen LogP contribution in [0.3, 0.4) is 0 Å². The van der Waals surface area contributed by atoms with Crippen LogP contribution in [-0.2, 0) is 24.0 Å². The molecule has 0 radical (unpaired) electrons. The third-order valence-electron chi connectivity index (χ3n) is 4.38. The van der Waals surface area contributed by atoms with E-state index in [0.29, 0.717) is 6.42 Å². The lowest BCUT2D eigenvalue weighted by Gasteiger charge is -2.22. The molecule has 1 rings (SSSR count). The van der Waals surface area contributed by atoms with E-state index in [4.69, 9.17) is 10.8 Å². The number of hydrogen-bond acceptors (Lipinski definition) is 8. The summed E-state index contributed by atoms with van der Waals surface area (Å²) in [6.07, 6.45) is -1.02. The standard InChI is InChI=1S/C18H31N5O7S/c1-8(2)4-11-16(27)20-5-13(25)21-12(7-31-6-10(19)15(26)22-11)17(28)23-14(9(3)24)18(29)30/h8-12,14,24H,4-7,19H2,1-3H3,(H,20,27)(H,21,25)(H,22,26)(H,23,28)(H,29,30)/t9-,10-,11+,12+,14+/m1/s1. The number of aliphatic hydroxyl groups excluding tert-OH is 1. The number of carbonyl (C=O) groups is 5. The number of amides is 4. The molecule has 1 aliphatic heterocycles. The van der Waals surface area contributed by atoms with Crippen molar-refractivity contribution in [2.45, 2.75) is 57.5 Å². The van der Waals surface area contributed by atoms with Crippen LogP contribution >= 0.6 is 11.8 Å². The molecule has 1 aliphatic rings. The molecule has 13 heteroatoms. The van der Waals surface area contributed by atoms with Gasteiger partial charge in [-0.1, -0.05) is 13.8 Å². The van der Waals surface area contributed by atoms with Crippen LogP contribution < -0.4 is 27.0 Å². The van der Waals surface area contributed by atoms with Gasteiger partial charge in [-0.15, -0.1) is 0 Å². The average molecular weight is 462 g/mol. The summed E-state index contributed by atoms with van der Waals surface area (Å²) in [5.74, 6) is -3.84. The number of rotatable bonds is 6. The number of aliphatic hydroxyl groups is 1. The topological polar surface area (TPSA) is 200 Å². The summed E-state index contributed by atoms with van der Waals surface area (Å²) in [7, 11) is 0. The highest BCUT2D eigenvalue weighted by Gasteiger charge is 2.31. The van der Waals surface area contributed by atoms with Crippen molar-refractivity contribution in [3.8, 4) is 0 Å². The predicted octanol–water partition coefficient (Wildman–Crippen LogP) is -2.86. The van der Waals surface area contributed by atoms with Crippen molar-refractivity contribution in [2.75, 3.05) is 18.1 Å². The Morgan fingerprint density at radius 3 is 2.35 bits per heavy atom. The van der Waals surface area contributed by atoms with E-state index in [1.807, 2.05) is 13.8 Å². The van der Waals surface area contributed by atoms with Gasteiger partial charge in [0.05, 0.1) is 18.7 Å². The number of carboxylic acid groups (broad SMARTS) is 1. The van der Waals surface area contributed by atoms with Crippen LogP contribution in [0, 0.1) is 5.92 Å². The number of hydrogen-bond donors (Lipinski definition) is 7. The molecule has 8 N–H and O–H groups in total. The average Bonchev–Trinajstić information content (AvgIpc) is 2.67. The summed E-state index contributed by atoms with van der Waals surface area (Å²) in [6.45, 7) is 4.52. The van der Waals surface area contributed by atoms with E-state index in [1.54, 1.807) is 0 Å². The maximum Gasteiger partial charge on any atom is 0.328 e. The zero-order chi connectivity index (χ0) is 23.7. The molecule has 0 aromatic carbocycles. The first-order chi connectivity index (χ1) is 14.4. The molecule has 1 saturated heterocycles. The van der Waals surface area contributed by atoms with Crippen LogP contribution in [0.25, 0.3) is 0 Å². The molecule has 1 fully saturated rings. The third-order valence-corrected chi connectivity index (χ3v) is 5.54. The van der Waals surface area contributed by atoms with Gasteiger partial charge in [0.25, 0.3) is 0 Å². The molecule has 12 nitrogen and oxygen atoms in total. The molecule has 31 heavy (non-hydrogen) atoms. The Hall–Kier alpha value is -2.38. The molecular weight excluding hydrogens is 430 g/mol. The first kappa shape index (κ1) is 26.7. The van der Waals surface area contributed by atoms with Crippen LogP contribution in [0.5, 0.6) is 0 Å². The minimum Gasteiger partial charge on any atom is -0.480 e. The minimum atomic E-state index is -1.57. The highest BCUT2D eigenvalue weighted by molar-refractivity contribution is 7.99. The molecule has 0 unspecified atom stereocenters. The van der Waals surface area contributed by atoms with Gasteiger partial charge in [-0.05, 0) is 19.3 Å². The van der Waals surface area contributed by atoms with E-state index < -0.39 is 66.4 Å². The Kier molecular flexibility index (Phi) is 10.7. The quantitative estimate of drug-likeness (QED) is 0.217. The van der Waals surface area contributed by atoms with E-state index >= 15 is 0 Å². The van der Waals surface area contributed by atoms with Crippen molar-refractivity contribution >= 4 is 41.4 Å². The summed E-state index contributed by atoms with van der Waals surface area (Å²) in [5, 5.41) is 28.3. The van der Waals surface area contributed by atoms with Crippen molar-refractivity contribution < 1.29 is 34.2 Å². The number of carboxylic acids is 1. The van der Waals surface area contributed by atoms with Crippen LogP contribution in [0.1, 0.15) is 27.2 Å². The first-order valence-corrected chi connectivity index (χ1v) is 11.0. The van der Waals surface area contributed by atoms with Gasteiger partial charge in [-0.25, -0.2) is 4.79 Å². The normalized spacial score (nSPS) is 25.6. The number of aliphatic carboxylic acids is 1. The number of nitrogens with two attached hydrogens (primary N) is 1. The van der Waals surface area contributed by atoms with E-state index in [-0.39, 0.29) is 17.4 Å². The number of carbonyl (C=O) groups excluding carboxylic acids is 4. The summed E-state index contributed by atoms with van der Waals surface area (Å²) >= 11 is 1.11. The maximum atomic E-state index is 12.5. The second kappa shape index (κ2) is 12.5. The van der Waals surface area contributed by atoms with Gasteiger partial charge in [0, 0.05) is 11.5 Å². The zero-order valence-electron chi connectivity index (χ0n) is 17.7. The fraction of sp³-hybridized carbons (Fsp3) is 0.722. The van der Waals surface area contributed by atoms with E-state index in [9.17, 15) is 29.1 Å². The molecule has 0 bridgehead atoms. The summed E-state index contributed by atoms with van der Waals surface area (Å²) in [6, 6.07) is -4.56. The molecular formula is C18H31N5O7S. The first-order valence-electron chi connectivity index (χ1n) is 9.84. The van der Waals surface area contributed by atoms with E-state index in [1.165, 1.54) is 6.92 Å². The molecule has 1 heterocycles. The van der Waals surface area contributed by atoms with Gasteiger partial charge in [0.2, 0.25) is 23.6 Å². The summed E-state index contributed by atoms with van der Waals surface area (Å²) < 4.78 is 0. The largest absolute Gasteiger partial charge is 0.480 e. The van der Waals surface area contributed by atoms with Gasteiger partial charge < -0.3 is 37.2 Å². The molecule has 176 valence electrons. The van der Waals surface area contributed by atoms with Crippen LogP contribution in [-0.4, -0.2) is 88.1 Å². The van der Waals surface area contributed by atoms with Crippen LogP contribution in [0.2, 0.25) is 0 Å². The Bertz CT molecular complexity index is 688. The molecule has 0 aliphatic carbocycles. The van der Waals surface area contributed by atoms with Gasteiger partial charge in [0.1, 0.15) is 12.1 Å². The molecule has 0 spiro atoms. The molecule has 0 aromatic rings. The Labute approximate surface area is 184 Å². The van der Waals surface area contributed by atoms with E-state index in [0.717, 1.165) is 11.8 Å². The molecule has 5 atom stereocenters. The Balaban J connectivity index is 2.97. The second-order valence-corrected chi connectivity index (χ2v) is 8.81. The van der Waals surface area contributed by atoms with Crippen molar-refractivity contribution in [3.63, 3.8) is 0 Å². The summed E-state index contributed by atoms with van der Waals surface area (Å²) in [5.41, 5.74) is 5.88. The lowest BCUT2D eigenvalue weighted by atomic mass is 10.0. The second-order valence-electron chi connectivity index (χ2n) is 7.74. The van der Waals surface area contributed by atoms with Crippen molar-refractivity contribution in [1.82, 2.24) is 21.3 Å². The fourth-order valence-corrected chi connectivity index (χ4v) is 3.74. The number of nitrogens with one attached hydrogen (secondary N) is 4. The highest BCUT2D eigenvalue weighted by Crippen LogP contribution is 2.09. The van der Waals surface area contributed by atoms with Gasteiger partial charge >= 0.3 is 5.97 Å². The van der Waals surface area contributed by atoms with Gasteiger partial charge in [0.15, 0.2) is 6.04 Å². The van der Waals surface area contributed by atoms with Crippen molar-refractivity contribution in [3.05, 3.63) is 0 Å². The smallest absolute Gasteiger partial charge is 0.328 e. The van der Waals surface area contributed by atoms with Gasteiger partial charge in [-0.3, -0.25) is 19.2 Å². The minimum absolute atomic E-state index is 0.00588. The fourth-order valence-electron chi connectivity index (χ4n) is 2.73. The monoisotopic (exact) mass is 461 g/mol. The highest BCUT2D eigenvalue weighted by atomic mass is 32.2. The molecule has 4 amide bonds. The lowest BCUT2D eigenvalue weighted by molar-refractivity contribution is -0.145. The maximum absolute atomic E-state index is 12.5.